The van der Waals surface area contributed by atoms with Gasteiger partial charge in [0, 0.05) is 6.54 Å². The second-order valence-electron chi connectivity index (χ2n) is 4.89. The van der Waals surface area contributed by atoms with Gasteiger partial charge in [-0.2, -0.15) is 0 Å². The van der Waals surface area contributed by atoms with Crippen molar-refractivity contribution in [2.75, 3.05) is 19.7 Å². The van der Waals surface area contributed by atoms with Gasteiger partial charge in [-0.3, -0.25) is 10.1 Å². The van der Waals surface area contributed by atoms with Crippen molar-refractivity contribution < 1.29 is 9.53 Å². The highest BCUT2D eigenvalue weighted by Gasteiger charge is 2.40. The number of piperidine rings is 1. The molecule has 4 nitrogen and oxygen atoms in total. The number of carbonyl (C=O) groups is 1. The van der Waals surface area contributed by atoms with Gasteiger partial charge < -0.3 is 10.1 Å². The molecule has 0 aliphatic carbocycles. The Hall–Kier alpha value is -1.39. The monoisotopic (exact) mass is 262 g/mol. The van der Waals surface area contributed by atoms with Crippen molar-refractivity contribution in [2.24, 2.45) is 0 Å². The van der Waals surface area contributed by atoms with Crippen LogP contribution in [-0.2, 0) is 16.1 Å². The van der Waals surface area contributed by atoms with Crippen molar-refractivity contribution in [3.8, 4) is 0 Å². The van der Waals surface area contributed by atoms with E-state index in [0.29, 0.717) is 13.2 Å². The summed E-state index contributed by atoms with van der Waals surface area (Å²) in [7, 11) is 0. The Morgan fingerprint density at radius 1 is 1.32 bits per heavy atom. The van der Waals surface area contributed by atoms with Crippen LogP contribution in [0.3, 0.4) is 0 Å². The average Bonchev–Trinajstić information content (AvgIpc) is 2.47. The maximum Gasteiger partial charge on any atom is 0.326 e. The molecule has 0 saturated carbocycles. The second kappa shape index (κ2) is 6.68. The molecule has 1 aliphatic heterocycles. The molecule has 1 aliphatic rings. The molecular formula is C15H22N2O2. The fourth-order valence-corrected chi connectivity index (χ4v) is 2.44. The maximum absolute atomic E-state index is 12.2. The topological polar surface area (TPSA) is 50.4 Å². The molecule has 1 heterocycles. The molecular weight excluding hydrogens is 240 g/mol. The van der Waals surface area contributed by atoms with Crippen molar-refractivity contribution in [3.05, 3.63) is 35.9 Å². The van der Waals surface area contributed by atoms with Gasteiger partial charge in [0.25, 0.3) is 0 Å². The van der Waals surface area contributed by atoms with Crippen LogP contribution in [0.25, 0.3) is 0 Å². The smallest absolute Gasteiger partial charge is 0.326 e. The highest BCUT2D eigenvalue weighted by atomic mass is 16.5. The van der Waals surface area contributed by atoms with E-state index >= 15 is 0 Å². The van der Waals surface area contributed by atoms with E-state index in [1.807, 2.05) is 25.1 Å². The van der Waals surface area contributed by atoms with Crippen LogP contribution in [0.15, 0.2) is 30.3 Å². The Morgan fingerprint density at radius 2 is 2.00 bits per heavy atom. The lowest BCUT2D eigenvalue weighted by Crippen LogP contribution is -2.58. The number of rotatable bonds is 5. The summed E-state index contributed by atoms with van der Waals surface area (Å²) >= 11 is 0. The largest absolute Gasteiger partial charge is 0.465 e. The number of benzene rings is 1. The van der Waals surface area contributed by atoms with Crippen LogP contribution in [0.4, 0.5) is 0 Å². The first-order valence-corrected chi connectivity index (χ1v) is 6.94. The normalized spacial score (nSPS) is 17.9. The SMILES string of the molecule is CCOC(=O)C1(NCc2ccccc2)CCNCC1. The van der Waals surface area contributed by atoms with E-state index in [4.69, 9.17) is 4.74 Å². The highest BCUT2D eigenvalue weighted by molar-refractivity contribution is 5.81. The van der Waals surface area contributed by atoms with Gasteiger partial charge in [0.1, 0.15) is 5.54 Å². The van der Waals surface area contributed by atoms with Crippen LogP contribution >= 0.6 is 0 Å². The lowest BCUT2D eigenvalue weighted by atomic mass is 9.88. The molecule has 0 amide bonds. The lowest BCUT2D eigenvalue weighted by Gasteiger charge is -2.36. The molecule has 0 bridgehead atoms. The van der Waals surface area contributed by atoms with Crippen LogP contribution in [0.5, 0.6) is 0 Å². The standard InChI is InChI=1S/C15H22N2O2/c1-2-19-14(18)15(8-10-16-11-9-15)17-12-13-6-4-3-5-7-13/h3-7,16-17H,2,8-12H2,1H3. The van der Waals surface area contributed by atoms with E-state index in [1.165, 1.54) is 5.56 Å². The Balaban J connectivity index is 2.03. The van der Waals surface area contributed by atoms with Gasteiger partial charge in [-0.1, -0.05) is 30.3 Å². The van der Waals surface area contributed by atoms with E-state index in [9.17, 15) is 4.79 Å². The third-order valence-electron chi connectivity index (χ3n) is 3.60. The molecule has 4 heteroatoms. The summed E-state index contributed by atoms with van der Waals surface area (Å²) in [5.74, 6) is -0.118. The molecule has 19 heavy (non-hydrogen) atoms. The molecule has 0 unspecified atom stereocenters. The van der Waals surface area contributed by atoms with Crippen molar-refractivity contribution in [2.45, 2.75) is 31.8 Å². The lowest BCUT2D eigenvalue weighted by molar-refractivity contribution is -0.152. The molecule has 104 valence electrons. The van der Waals surface area contributed by atoms with Gasteiger partial charge >= 0.3 is 5.97 Å². The molecule has 0 aromatic heterocycles. The maximum atomic E-state index is 12.2. The number of hydrogen-bond donors (Lipinski definition) is 2. The summed E-state index contributed by atoms with van der Waals surface area (Å²) in [6, 6.07) is 10.1. The molecule has 1 aromatic carbocycles. The van der Waals surface area contributed by atoms with E-state index in [0.717, 1.165) is 25.9 Å². The zero-order valence-electron chi connectivity index (χ0n) is 11.4. The van der Waals surface area contributed by atoms with Gasteiger partial charge in [-0.05, 0) is 38.4 Å². The predicted octanol–water partition coefficient (Wildman–Crippen LogP) is 1.46. The minimum Gasteiger partial charge on any atom is -0.465 e. The molecule has 0 spiro atoms. The number of hydrogen-bond acceptors (Lipinski definition) is 4. The third-order valence-corrected chi connectivity index (χ3v) is 3.60. The molecule has 1 fully saturated rings. The Morgan fingerprint density at radius 3 is 2.63 bits per heavy atom. The van der Waals surface area contributed by atoms with Crippen LogP contribution in [0.1, 0.15) is 25.3 Å². The van der Waals surface area contributed by atoms with Crippen LogP contribution in [0.2, 0.25) is 0 Å². The fraction of sp³-hybridized carbons (Fsp3) is 0.533. The van der Waals surface area contributed by atoms with E-state index in [-0.39, 0.29) is 5.97 Å². The molecule has 0 radical (unpaired) electrons. The Labute approximate surface area is 114 Å². The second-order valence-corrected chi connectivity index (χ2v) is 4.89. The fourth-order valence-electron chi connectivity index (χ4n) is 2.44. The highest BCUT2D eigenvalue weighted by Crippen LogP contribution is 2.21. The molecule has 0 atom stereocenters. The van der Waals surface area contributed by atoms with Crippen molar-refractivity contribution in [1.29, 1.82) is 0 Å². The zero-order valence-corrected chi connectivity index (χ0v) is 11.4. The summed E-state index contributed by atoms with van der Waals surface area (Å²) in [6.45, 7) is 4.67. The van der Waals surface area contributed by atoms with Gasteiger partial charge in [0.15, 0.2) is 0 Å². The van der Waals surface area contributed by atoms with Gasteiger partial charge in [-0.15, -0.1) is 0 Å². The number of carbonyl (C=O) groups excluding carboxylic acids is 1. The van der Waals surface area contributed by atoms with Crippen molar-refractivity contribution in [3.63, 3.8) is 0 Å². The first kappa shape index (κ1) is 14.0. The number of nitrogens with one attached hydrogen (secondary N) is 2. The average molecular weight is 262 g/mol. The van der Waals surface area contributed by atoms with Crippen LogP contribution < -0.4 is 10.6 Å². The summed E-state index contributed by atoms with van der Waals surface area (Å²) in [4.78, 5) is 12.2. The van der Waals surface area contributed by atoms with E-state index in [2.05, 4.69) is 22.8 Å². The van der Waals surface area contributed by atoms with Crippen LogP contribution in [0, 0.1) is 0 Å². The summed E-state index contributed by atoms with van der Waals surface area (Å²) in [5, 5.41) is 6.71. The van der Waals surface area contributed by atoms with E-state index < -0.39 is 5.54 Å². The summed E-state index contributed by atoms with van der Waals surface area (Å²) < 4.78 is 5.24. The summed E-state index contributed by atoms with van der Waals surface area (Å²) in [5.41, 5.74) is 0.654. The molecule has 2 rings (SSSR count). The quantitative estimate of drug-likeness (QED) is 0.789. The molecule has 1 saturated heterocycles. The van der Waals surface area contributed by atoms with Crippen molar-refractivity contribution in [1.82, 2.24) is 10.6 Å². The minimum absolute atomic E-state index is 0.118. The first-order chi connectivity index (χ1) is 9.27. The number of esters is 1. The van der Waals surface area contributed by atoms with Gasteiger partial charge in [0.05, 0.1) is 6.61 Å². The van der Waals surface area contributed by atoms with Gasteiger partial charge in [0.2, 0.25) is 0 Å². The molecule has 2 N–H and O–H groups in total. The third kappa shape index (κ3) is 3.55. The van der Waals surface area contributed by atoms with Crippen LogP contribution in [-0.4, -0.2) is 31.2 Å². The molecule has 1 aromatic rings. The predicted molar refractivity (Wildman–Crippen MR) is 74.7 cm³/mol. The van der Waals surface area contributed by atoms with Crippen molar-refractivity contribution >= 4 is 5.97 Å². The minimum atomic E-state index is -0.531. The summed E-state index contributed by atoms with van der Waals surface area (Å²) in [6.07, 6.45) is 1.55. The van der Waals surface area contributed by atoms with Gasteiger partial charge in [-0.25, -0.2) is 0 Å². The Kier molecular flexibility index (Phi) is 4.93. The number of ether oxygens (including phenoxy) is 1. The first-order valence-electron chi connectivity index (χ1n) is 6.94. The zero-order chi connectivity index (χ0) is 13.6. The Bertz CT molecular complexity index is 400. The van der Waals surface area contributed by atoms with E-state index in [1.54, 1.807) is 0 Å².